The molecule has 15 heavy (non-hydrogen) atoms. The maximum Gasteiger partial charge on any atom is 0.0155 e. The van der Waals surface area contributed by atoms with Crippen molar-refractivity contribution in [3.05, 3.63) is 0 Å². The number of nitrogens with one attached hydrogen (secondary N) is 1. The monoisotopic (exact) mass is 231 g/mol. The van der Waals surface area contributed by atoms with Crippen LogP contribution in [0.4, 0.5) is 0 Å². The molecule has 0 rings (SSSR count). The molecule has 0 aliphatic carbocycles. The Morgan fingerprint density at radius 3 is 2.27 bits per heavy atom. The van der Waals surface area contributed by atoms with E-state index < -0.39 is 0 Å². The second-order valence-electron chi connectivity index (χ2n) is 5.64. The minimum absolute atomic E-state index is 0.468. The summed E-state index contributed by atoms with van der Waals surface area (Å²) in [6.07, 6.45) is 3.88. The summed E-state index contributed by atoms with van der Waals surface area (Å²) in [6, 6.07) is 0.684. The lowest BCUT2D eigenvalue weighted by Gasteiger charge is -2.23. The fraction of sp³-hybridized carbons (Fsp3) is 1.00. The van der Waals surface area contributed by atoms with Crippen LogP contribution in [0, 0.1) is 5.41 Å². The van der Waals surface area contributed by atoms with Crippen molar-refractivity contribution in [1.82, 2.24) is 5.32 Å². The van der Waals surface area contributed by atoms with Gasteiger partial charge in [-0.25, -0.2) is 0 Å². The summed E-state index contributed by atoms with van der Waals surface area (Å²) in [6.45, 7) is 11.5. The van der Waals surface area contributed by atoms with Crippen molar-refractivity contribution < 1.29 is 0 Å². The lowest BCUT2D eigenvalue weighted by Crippen LogP contribution is -2.29. The Morgan fingerprint density at radius 2 is 1.87 bits per heavy atom. The first-order valence-corrected chi connectivity index (χ1v) is 7.22. The molecule has 0 heterocycles. The van der Waals surface area contributed by atoms with Crippen molar-refractivity contribution in [2.75, 3.05) is 12.8 Å². The Bertz CT molecular complexity index is 151. The number of hydrogen-bond acceptors (Lipinski definition) is 2. The first-order valence-electron chi connectivity index (χ1n) is 6.18. The minimum atomic E-state index is 0.468. The summed E-state index contributed by atoms with van der Waals surface area (Å²) < 4.78 is 0. The van der Waals surface area contributed by atoms with Gasteiger partial charge in [-0.1, -0.05) is 34.6 Å². The van der Waals surface area contributed by atoms with Gasteiger partial charge in [0.1, 0.15) is 0 Å². The summed E-state index contributed by atoms with van der Waals surface area (Å²) in [5.74, 6) is 1.25. The Balaban J connectivity index is 3.73. The lowest BCUT2D eigenvalue weighted by molar-refractivity contribution is 0.343. The van der Waals surface area contributed by atoms with E-state index in [1.165, 1.54) is 25.0 Å². The van der Waals surface area contributed by atoms with Gasteiger partial charge in [-0.15, -0.1) is 0 Å². The molecule has 2 heteroatoms. The molecule has 2 atom stereocenters. The van der Waals surface area contributed by atoms with Crippen molar-refractivity contribution in [2.24, 2.45) is 5.41 Å². The molecule has 0 aromatic heterocycles. The van der Waals surface area contributed by atoms with Crippen LogP contribution in [0.1, 0.15) is 53.9 Å². The van der Waals surface area contributed by atoms with E-state index in [9.17, 15) is 0 Å². The van der Waals surface area contributed by atoms with Gasteiger partial charge in [-0.2, -0.15) is 11.8 Å². The first-order chi connectivity index (χ1) is 6.89. The molecule has 0 aliphatic heterocycles. The summed E-state index contributed by atoms with van der Waals surface area (Å²) in [5, 5.41) is 4.23. The average Bonchev–Trinajstić information content (AvgIpc) is 2.16. The van der Waals surface area contributed by atoms with Crippen LogP contribution in [0.2, 0.25) is 0 Å². The van der Waals surface area contributed by atoms with Gasteiger partial charge < -0.3 is 5.32 Å². The fourth-order valence-corrected chi connectivity index (χ4v) is 2.45. The average molecular weight is 231 g/mol. The molecule has 92 valence electrons. The Kier molecular flexibility index (Phi) is 7.72. The van der Waals surface area contributed by atoms with E-state index in [2.05, 4.69) is 58.7 Å². The SMILES string of the molecule is CCC(C)SCC(CCC(C)(C)C)NC. The van der Waals surface area contributed by atoms with Gasteiger partial charge in [0.05, 0.1) is 0 Å². The second-order valence-corrected chi connectivity index (χ2v) is 7.11. The standard InChI is InChI=1S/C13H29NS/c1-7-11(2)15-10-12(14-6)8-9-13(3,4)5/h11-12,14H,7-10H2,1-6H3. The molecular formula is C13H29NS. The van der Waals surface area contributed by atoms with E-state index in [1.54, 1.807) is 0 Å². The van der Waals surface area contributed by atoms with Crippen LogP contribution in [0.3, 0.4) is 0 Å². The molecule has 0 aliphatic rings. The zero-order chi connectivity index (χ0) is 11.9. The van der Waals surface area contributed by atoms with Crippen LogP contribution in [0.5, 0.6) is 0 Å². The number of hydrogen-bond donors (Lipinski definition) is 1. The maximum absolute atomic E-state index is 3.43. The molecule has 0 radical (unpaired) electrons. The van der Waals surface area contributed by atoms with Crippen LogP contribution in [-0.4, -0.2) is 24.1 Å². The third kappa shape index (κ3) is 9.25. The minimum Gasteiger partial charge on any atom is -0.316 e. The summed E-state index contributed by atoms with van der Waals surface area (Å²) in [4.78, 5) is 0. The molecule has 0 spiro atoms. The summed E-state index contributed by atoms with van der Waals surface area (Å²) >= 11 is 2.10. The zero-order valence-corrected chi connectivity index (χ0v) is 12.2. The van der Waals surface area contributed by atoms with Crippen LogP contribution in [0.15, 0.2) is 0 Å². The highest BCUT2D eigenvalue weighted by atomic mass is 32.2. The number of thioether (sulfide) groups is 1. The Hall–Kier alpha value is 0.310. The van der Waals surface area contributed by atoms with Crippen molar-refractivity contribution in [3.8, 4) is 0 Å². The molecule has 0 saturated heterocycles. The van der Waals surface area contributed by atoms with Gasteiger partial charge >= 0.3 is 0 Å². The topological polar surface area (TPSA) is 12.0 Å². The van der Waals surface area contributed by atoms with Crippen molar-refractivity contribution >= 4 is 11.8 Å². The second kappa shape index (κ2) is 7.56. The molecule has 0 fully saturated rings. The van der Waals surface area contributed by atoms with Crippen molar-refractivity contribution in [1.29, 1.82) is 0 Å². The van der Waals surface area contributed by atoms with Crippen LogP contribution in [-0.2, 0) is 0 Å². The lowest BCUT2D eigenvalue weighted by atomic mass is 9.89. The Labute approximate surface area is 101 Å². The van der Waals surface area contributed by atoms with E-state index in [0.29, 0.717) is 11.5 Å². The highest BCUT2D eigenvalue weighted by Crippen LogP contribution is 2.23. The zero-order valence-electron chi connectivity index (χ0n) is 11.4. The van der Waals surface area contributed by atoms with Gasteiger partial charge in [-0.05, 0) is 31.7 Å². The molecule has 0 bridgehead atoms. The van der Waals surface area contributed by atoms with E-state index >= 15 is 0 Å². The van der Waals surface area contributed by atoms with E-state index in [1.807, 2.05) is 0 Å². The largest absolute Gasteiger partial charge is 0.316 e. The molecule has 0 saturated carbocycles. The molecule has 0 aromatic carbocycles. The molecule has 1 N–H and O–H groups in total. The molecule has 0 amide bonds. The maximum atomic E-state index is 3.43. The molecule has 0 aromatic rings. The van der Waals surface area contributed by atoms with Crippen molar-refractivity contribution in [2.45, 2.75) is 65.2 Å². The quantitative estimate of drug-likeness (QED) is 0.712. The van der Waals surface area contributed by atoms with Gasteiger partial charge in [0.2, 0.25) is 0 Å². The highest BCUT2D eigenvalue weighted by Gasteiger charge is 2.14. The molecular weight excluding hydrogens is 202 g/mol. The molecule has 2 unspecified atom stereocenters. The first kappa shape index (κ1) is 15.3. The van der Waals surface area contributed by atoms with Crippen LogP contribution >= 0.6 is 11.8 Å². The summed E-state index contributed by atoms with van der Waals surface area (Å²) in [5.41, 5.74) is 0.468. The van der Waals surface area contributed by atoms with E-state index in [-0.39, 0.29) is 0 Å². The van der Waals surface area contributed by atoms with E-state index in [0.717, 1.165) is 5.25 Å². The summed E-state index contributed by atoms with van der Waals surface area (Å²) in [7, 11) is 2.09. The predicted octanol–water partition coefficient (Wildman–Crippen LogP) is 3.93. The third-order valence-corrected chi connectivity index (χ3v) is 4.31. The van der Waals surface area contributed by atoms with Crippen LogP contribution < -0.4 is 5.32 Å². The number of rotatable bonds is 7. The predicted molar refractivity (Wildman–Crippen MR) is 73.7 cm³/mol. The van der Waals surface area contributed by atoms with Gasteiger partial charge in [-0.3, -0.25) is 0 Å². The highest BCUT2D eigenvalue weighted by molar-refractivity contribution is 7.99. The van der Waals surface area contributed by atoms with Crippen LogP contribution in [0.25, 0.3) is 0 Å². The van der Waals surface area contributed by atoms with Gasteiger partial charge in [0.15, 0.2) is 0 Å². The fourth-order valence-electron chi connectivity index (χ4n) is 1.32. The van der Waals surface area contributed by atoms with E-state index in [4.69, 9.17) is 0 Å². The van der Waals surface area contributed by atoms with Crippen molar-refractivity contribution in [3.63, 3.8) is 0 Å². The Morgan fingerprint density at radius 1 is 1.27 bits per heavy atom. The smallest absolute Gasteiger partial charge is 0.0155 e. The normalized spacial score (nSPS) is 16.4. The van der Waals surface area contributed by atoms with Gasteiger partial charge in [0.25, 0.3) is 0 Å². The third-order valence-electron chi connectivity index (χ3n) is 2.81. The molecule has 1 nitrogen and oxygen atoms in total. The van der Waals surface area contributed by atoms with Gasteiger partial charge in [0, 0.05) is 17.0 Å².